The van der Waals surface area contributed by atoms with Crippen molar-refractivity contribution in [3.05, 3.63) is 29.0 Å². The molecular formula is C14H22ClN3O3S. The Balaban J connectivity index is 1.81. The van der Waals surface area contributed by atoms with Gasteiger partial charge in [0.15, 0.2) is 0 Å². The van der Waals surface area contributed by atoms with E-state index in [-0.39, 0.29) is 18.0 Å². The van der Waals surface area contributed by atoms with Crippen LogP contribution >= 0.6 is 11.6 Å². The first-order valence-electron chi connectivity index (χ1n) is 7.32. The molecule has 1 aliphatic rings. The second-order valence-corrected chi connectivity index (χ2v) is 7.97. The summed E-state index contributed by atoms with van der Waals surface area (Å²) in [5, 5.41) is 3.54. The Morgan fingerprint density at radius 3 is 2.73 bits per heavy atom. The molecule has 8 heteroatoms. The van der Waals surface area contributed by atoms with Crippen molar-refractivity contribution in [1.29, 1.82) is 0 Å². The summed E-state index contributed by atoms with van der Waals surface area (Å²) >= 11 is 5.96. The van der Waals surface area contributed by atoms with E-state index in [9.17, 15) is 8.42 Å². The van der Waals surface area contributed by atoms with Crippen molar-refractivity contribution in [3.8, 4) is 0 Å². The zero-order valence-corrected chi connectivity index (χ0v) is 14.4. The molecule has 2 rings (SSSR count). The molecule has 0 amide bonds. The molecule has 0 bridgehead atoms. The smallest absolute Gasteiger partial charge is 0.215 e. The van der Waals surface area contributed by atoms with Crippen molar-refractivity contribution < 1.29 is 13.2 Å². The van der Waals surface area contributed by atoms with Crippen molar-refractivity contribution >= 4 is 21.6 Å². The number of aromatic nitrogens is 1. The third-order valence-electron chi connectivity index (χ3n) is 3.47. The Morgan fingerprint density at radius 2 is 2.09 bits per heavy atom. The number of hydrogen-bond acceptors (Lipinski definition) is 5. The number of hydrogen-bond donors (Lipinski definition) is 1. The van der Waals surface area contributed by atoms with Gasteiger partial charge in [-0.1, -0.05) is 17.7 Å². The lowest BCUT2D eigenvalue weighted by Crippen LogP contribution is -2.49. The summed E-state index contributed by atoms with van der Waals surface area (Å²) in [6, 6.07) is 3.66. The monoisotopic (exact) mass is 347 g/mol. The first kappa shape index (κ1) is 17.6. The van der Waals surface area contributed by atoms with Gasteiger partial charge in [-0.25, -0.2) is 13.4 Å². The molecule has 2 atom stereocenters. The van der Waals surface area contributed by atoms with E-state index in [1.165, 1.54) is 4.31 Å². The number of ether oxygens (including phenoxy) is 1. The molecular weight excluding hydrogens is 326 g/mol. The van der Waals surface area contributed by atoms with Crippen LogP contribution in [-0.4, -0.2) is 55.3 Å². The van der Waals surface area contributed by atoms with Gasteiger partial charge in [0.1, 0.15) is 5.15 Å². The van der Waals surface area contributed by atoms with Crippen LogP contribution in [0, 0.1) is 0 Å². The van der Waals surface area contributed by atoms with Gasteiger partial charge in [-0.3, -0.25) is 0 Å². The van der Waals surface area contributed by atoms with Crippen LogP contribution in [0.5, 0.6) is 0 Å². The van der Waals surface area contributed by atoms with Crippen molar-refractivity contribution in [1.82, 2.24) is 14.6 Å². The van der Waals surface area contributed by atoms with Crippen molar-refractivity contribution in [2.45, 2.75) is 32.6 Å². The number of halogens is 1. The molecule has 22 heavy (non-hydrogen) atoms. The zero-order chi connectivity index (χ0) is 16.2. The molecule has 0 spiro atoms. The minimum absolute atomic E-state index is 0.0598. The van der Waals surface area contributed by atoms with E-state index in [2.05, 4.69) is 10.3 Å². The van der Waals surface area contributed by atoms with E-state index in [1.807, 2.05) is 19.9 Å². The van der Waals surface area contributed by atoms with Gasteiger partial charge in [-0.2, -0.15) is 4.31 Å². The molecule has 1 aromatic rings. The number of rotatable bonds is 6. The minimum Gasteiger partial charge on any atom is -0.373 e. The van der Waals surface area contributed by atoms with Crippen LogP contribution in [-0.2, 0) is 21.3 Å². The number of nitrogens with zero attached hydrogens (tertiary/aromatic N) is 2. The predicted octanol–water partition coefficient (Wildman–Crippen LogP) is 1.26. The molecule has 2 heterocycles. The molecule has 0 unspecified atom stereocenters. The van der Waals surface area contributed by atoms with Gasteiger partial charge in [-0.05, 0) is 19.9 Å². The Morgan fingerprint density at radius 1 is 1.41 bits per heavy atom. The first-order valence-corrected chi connectivity index (χ1v) is 9.30. The van der Waals surface area contributed by atoms with Gasteiger partial charge < -0.3 is 10.1 Å². The van der Waals surface area contributed by atoms with Gasteiger partial charge in [0.2, 0.25) is 10.0 Å². The number of pyridine rings is 1. The fraction of sp³-hybridized carbons (Fsp3) is 0.643. The highest BCUT2D eigenvalue weighted by atomic mass is 35.5. The SMILES string of the molecule is C[C@@H]1CN(S(=O)(=O)CCNCc2cccnc2Cl)C[C@@H](C)O1. The number of nitrogens with one attached hydrogen (secondary N) is 1. The second-order valence-electron chi connectivity index (χ2n) is 5.52. The van der Waals surface area contributed by atoms with Crippen molar-refractivity contribution in [2.75, 3.05) is 25.4 Å². The Labute approximate surface area is 136 Å². The third kappa shape index (κ3) is 4.89. The highest BCUT2D eigenvalue weighted by Crippen LogP contribution is 2.15. The minimum atomic E-state index is -3.27. The van der Waals surface area contributed by atoms with Gasteiger partial charge in [0, 0.05) is 37.9 Å². The maximum atomic E-state index is 12.3. The molecule has 0 aromatic carbocycles. The summed E-state index contributed by atoms with van der Waals surface area (Å²) in [6.07, 6.45) is 1.48. The summed E-state index contributed by atoms with van der Waals surface area (Å²) in [5.41, 5.74) is 0.857. The van der Waals surface area contributed by atoms with E-state index in [4.69, 9.17) is 16.3 Å². The van der Waals surface area contributed by atoms with Gasteiger partial charge in [-0.15, -0.1) is 0 Å². The zero-order valence-electron chi connectivity index (χ0n) is 12.8. The standard InChI is InChI=1S/C14H22ClN3O3S/c1-11-9-18(10-12(2)21-11)22(19,20)7-6-16-8-13-4-3-5-17-14(13)15/h3-5,11-12,16H,6-10H2,1-2H3/t11-,12-/m1/s1. The van der Waals surface area contributed by atoms with Crippen LogP contribution in [0.2, 0.25) is 5.15 Å². The molecule has 0 aliphatic carbocycles. The fourth-order valence-corrected chi connectivity index (χ4v) is 4.18. The topological polar surface area (TPSA) is 71.5 Å². The highest BCUT2D eigenvalue weighted by molar-refractivity contribution is 7.89. The van der Waals surface area contributed by atoms with E-state index in [0.717, 1.165) is 5.56 Å². The van der Waals surface area contributed by atoms with Crippen LogP contribution in [0.1, 0.15) is 19.4 Å². The quantitative estimate of drug-likeness (QED) is 0.619. The summed E-state index contributed by atoms with van der Waals surface area (Å²) < 4.78 is 31.8. The van der Waals surface area contributed by atoms with Crippen LogP contribution in [0.4, 0.5) is 0 Å². The Kier molecular flexibility index (Phi) is 6.17. The van der Waals surface area contributed by atoms with Gasteiger partial charge >= 0.3 is 0 Å². The maximum Gasteiger partial charge on any atom is 0.215 e. The molecule has 0 radical (unpaired) electrons. The second kappa shape index (κ2) is 7.70. The lowest BCUT2D eigenvalue weighted by Gasteiger charge is -2.34. The highest BCUT2D eigenvalue weighted by Gasteiger charge is 2.30. The van der Waals surface area contributed by atoms with Crippen LogP contribution in [0.3, 0.4) is 0 Å². The average molecular weight is 348 g/mol. The lowest BCUT2D eigenvalue weighted by atomic mass is 10.3. The molecule has 1 N–H and O–H groups in total. The van der Waals surface area contributed by atoms with Crippen LogP contribution in [0.25, 0.3) is 0 Å². The van der Waals surface area contributed by atoms with Crippen molar-refractivity contribution in [2.24, 2.45) is 0 Å². The molecule has 124 valence electrons. The average Bonchev–Trinajstić information content (AvgIpc) is 2.44. The maximum absolute atomic E-state index is 12.3. The van der Waals surface area contributed by atoms with E-state index >= 15 is 0 Å². The van der Waals surface area contributed by atoms with E-state index < -0.39 is 10.0 Å². The predicted molar refractivity (Wildman–Crippen MR) is 86.3 cm³/mol. The molecule has 1 aromatic heterocycles. The third-order valence-corrected chi connectivity index (χ3v) is 5.61. The summed E-state index contributed by atoms with van der Waals surface area (Å²) in [5.74, 6) is 0.0598. The summed E-state index contributed by atoms with van der Waals surface area (Å²) in [4.78, 5) is 3.98. The fourth-order valence-electron chi connectivity index (χ4n) is 2.46. The largest absolute Gasteiger partial charge is 0.373 e. The summed E-state index contributed by atoms with van der Waals surface area (Å²) in [6.45, 7) is 5.48. The number of morpholine rings is 1. The van der Waals surface area contributed by atoms with E-state index in [0.29, 0.717) is 31.3 Å². The normalized spacial score (nSPS) is 23.6. The molecule has 0 saturated carbocycles. The molecule has 1 fully saturated rings. The van der Waals surface area contributed by atoms with Gasteiger partial charge in [0.25, 0.3) is 0 Å². The van der Waals surface area contributed by atoms with E-state index in [1.54, 1.807) is 12.3 Å². The summed E-state index contributed by atoms with van der Waals surface area (Å²) in [7, 11) is -3.27. The molecule has 6 nitrogen and oxygen atoms in total. The lowest BCUT2D eigenvalue weighted by molar-refractivity contribution is -0.0440. The van der Waals surface area contributed by atoms with Crippen LogP contribution < -0.4 is 5.32 Å². The molecule has 1 saturated heterocycles. The first-order chi connectivity index (χ1) is 10.4. The van der Waals surface area contributed by atoms with Crippen LogP contribution in [0.15, 0.2) is 18.3 Å². The molecule has 1 aliphatic heterocycles. The van der Waals surface area contributed by atoms with Gasteiger partial charge in [0.05, 0.1) is 18.0 Å². The van der Waals surface area contributed by atoms with Crippen molar-refractivity contribution in [3.63, 3.8) is 0 Å². The Bertz CT molecular complexity index is 587. The number of sulfonamides is 1. The Hall–Kier alpha value is -0.730.